The molecule has 0 bridgehead atoms. The van der Waals surface area contributed by atoms with Gasteiger partial charge in [0, 0.05) is 84.6 Å². The third-order valence-corrected chi connectivity index (χ3v) is 19.2. The lowest BCUT2D eigenvalue weighted by molar-refractivity contribution is -0.138. The molecule has 480 valence electrons. The molecule has 5 aromatic heterocycles. The molecule has 0 radical (unpaired) electrons. The van der Waals surface area contributed by atoms with Crippen molar-refractivity contribution in [3.8, 4) is 68.3 Å². The number of nitrogens with one attached hydrogen (secondary N) is 1. The molecule has 1 saturated heterocycles. The van der Waals surface area contributed by atoms with E-state index >= 15 is 0 Å². The molecule has 1 N–H and O–H groups in total. The Morgan fingerprint density at radius 2 is 0.720 bits per heavy atom. The lowest BCUT2D eigenvalue weighted by Crippen LogP contribution is -2.33. The monoisotopic (exact) mass is 1300 g/mol. The van der Waals surface area contributed by atoms with Gasteiger partial charge in [-0.15, -0.1) is 0 Å². The molecule has 17 heteroatoms. The van der Waals surface area contributed by atoms with Crippen molar-refractivity contribution in [2.45, 2.75) is 32.4 Å². The summed E-state index contributed by atoms with van der Waals surface area (Å²) in [6.07, 6.45) is 1.38. The van der Waals surface area contributed by atoms with Crippen LogP contribution in [0.1, 0.15) is 44.7 Å². The van der Waals surface area contributed by atoms with Crippen LogP contribution < -0.4 is 0 Å². The Morgan fingerprint density at radius 1 is 0.330 bits per heavy atom. The van der Waals surface area contributed by atoms with Gasteiger partial charge in [-0.05, 0) is 126 Å². The van der Waals surface area contributed by atoms with Crippen LogP contribution in [0.25, 0.3) is 123 Å². The third-order valence-electron chi connectivity index (χ3n) is 19.2. The van der Waals surface area contributed by atoms with Crippen molar-refractivity contribution in [2.75, 3.05) is 13.1 Å². The van der Waals surface area contributed by atoms with Crippen LogP contribution >= 0.6 is 0 Å². The van der Waals surface area contributed by atoms with E-state index in [2.05, 4.69) is 152 Å². The Morgan fingerprint density at radius 3 is 1.22 bits per heavy atom. The number of amides is 4. The number of imide groups is 2. The Kier molecular flexibility index (Phi) is 14.5. The molecular weight excluding hydrogens is 1240 g/mol. The average molecular weight is 1300 g/mol. The first kappa shape index (κ1) is 59.2. The lowest BCUT2D eigenvalue weighted by atomic mass is 10.0. The Hall–Kier alpha value is -13.3. The number of hydrogen-bond acceptors (Lipinski definition) is 10. The van der Waals surface area contributed by atoms with Gasteiger partial charge in [0.05, 0.1) is 77.7 Å². The number of para-hydroxylation sites is 11. The van der Waals surface area contributed by atoms with Gasteiger partial charge >= 0.3 is 0 Å². The van der Waals surface area contributed by atoms with Crippen molar-refractivity contribution in [3.05, 3.63) is 289 Å². The summed E-state index contributed by atoms with van der Waals surface area (Å²) in [6.45, 7) is 1.32. The average Bonchev–Trinajstić information content (AvgIpc) is 1.64. The van der Waals surface area contributed by atoms with Crippen LogP contribution in [0.15, 0.2) is 272 Å². The summed E-state index contributed by atoms with van der Waals surface area (Å²) in [7, 11) is 0. The number of imidazole rings is 5. The standard InChI is InChI=1S/C47H31N7.C36H28N6O4/c1-2-10-37-34(9-1)29-42(48-37)30-21-25-35(26-22-30)53-43-15-7-5-13-40(43)51-46(53)32-17-19-33(20-18-32)47-52-41-14-6-8-16-44(41)54(47)36-27-23-31(24-28-36)45-49-38-11-3-4-12-39(38)50-45;43-31-17-18-32(44)41(31)21-19-39-29-11-5-3-9-27(29)37-33(39)23-13-15-24(16-14-23)34-38-28-10-4-6-12-30(28)40(34)20-22-42-35(45)25-7-1-2-8-26(25)36(42)46/h1-28H,29H2,(H,49,50);1-16H,17-22H2. The van der Waals surface area contributed by atoms with Crippen molar-refractivity contribution in [2.24, 2.45) is 4.99 Å². The van der Waals surface area contributed by atoms with Crippen molar-refractivity contribution in [1.29, 1.82) is 0 Å². The number of benzene rings is 11. The minimum Gasteiger partial charge on any atom is -0.338 e. The van der Waals surface area contributed by atoms with Gasteiger partial charge in [-0.25, -0.2) is 24.9 Å². The molecule has 100 heavy (non-hydrogen) atoms. The molecule has 0 spiro atoms. The van der Waals surface area contributed by atoms with Gasteiger partial charge < -0.3 is 14.1 Å². The molecule has 4 amide bonds. The minimum absolute atomic E-state index is 0.133. The molecule has 0 aliphatic carbocycles. The van der Waals surface area contributed by atoms with Gasteiger partial charge in [-0.3, -0.25) is 43.1 Å². The fraction of sp³-hybridized carbons (Fsp3) is 0.0843. The summed E-state index contributed by atoms with van der Waals surface area (Å²) in [5.74, 6) is 3.25. The third kappa shape index (κ3) is 10.4. The number of aliphatic imine (C=N–C) groups is 1. The minimum atomic E-state index is -0.280. The van der Waals surface area contributed by atoms with Gasteiger partial charge in [-0.2, -0.15) is 0 Å². The summed E-state index contributed by atoms with van der Waals surface area (Å²) in [5, 5.41) is 0. The molecule has 0 unspecified atom stereocenters. The molecule has 3 aliphatic rings. The maximum atomic E-state index is 13.0. The Balaban J connectivity index is 0.000000146. The highest BCUT2D eigenvalue weighted by atomic mass is 16.2. The normalized spacial score (nSPS) is 13.5. The number of carbonyl (C=O) groups excluding carboxylic acids is 4. The number of rotatable bonds is 14. The summed E-state index contributed by atoms with van der Waals surface area (Å²) in [6, 6.07) is 89.4. The number of fused-ring (bicyclic) bond motifs is 7. The summed E-state index contributed by atoms with van der Waals surface area (Å²) < 4.78 is 8.59. The Labute approximate surface area is 572 Å². The number of nitrogens with zero attached hydrogens (tertiary/aromatic N) is 12. The molecule has 0 saturated carbocycles. The van der Waals surface area contributed by atoms with Crippen LogP contribution in [-0.2, 0) is 29.1 Å². The molecule has 1 fully saturated rings. The summed E-state index contributed by atoms with van der Waals surface area (Å²) in [5.41, 5.74) is 21.8. The number of H-pyrrole nitrogens is 1. The van der Waals surface area contributed by atoms with E-state index in [9.17, 15) is 19.2 Å². The molecule has 3 aliphatic heterocycles. The van der Waals surface area contributed by atoms with Gasteiger partial charge in [-0.1, -0.05) is 152 Å². The number of aromatic amines is 1. The zero-order chi connectivity index (χ0) is 67.0. The van der Waals surface area contributed by atoms with Crippen LogP contribution in [0.4, 0.5) is 5.69 Å². The van der Waals surface area contributed by atoms with E-state index in [1.54, 1.807) is 24.3 Å². The number of hydrogen-bond donors (Lipinski definition) is 1. The van der Waals surface area contributed by atoms with Crippen LogP contribution in [0.3, 0.4) is 0 Å². The number of aromatic nitrogens is 10. The molecule has 17 nitrogen and oxygen atoms in total. The predicted octanol–water partition coefficient (Wildman–Crippen LogP) is 16.1. The van der Waals surface area contributed by atoms with E-state index in [-0.39, 0.29) is 43.0 Å². The van der Waals surface area contributed by atoms with Crippen LogP contribution in [0.5, 0.6) is 0 Å². The van der Waals surface area contributed by atoms with Gasteiger partial charge in [0.25, 0.3) is 11.8 Å². The molecule has 0 atom stereocenters. The topological polar surface area (TPSA) is 187 Å². The largest absolute Gasteiger partial charge is 0.338 e. The lowest BCUT2D eigenvalue weighted by Gasteiger charge is -2.17. The van der Waals surface area contributed by atoms with Gasteiger partial charge in [0.1, 0.15) is 29.1 Å². The summed E-state index contributed by atoms with van der Waals surface area (Å²) >= 11 is 0. The fourth-order valence-corrected chi connectivity index (χ4v) is 14.2. The number of carbonyl (C=O) groups is 4. The smallest absolute Gasteiger partial charge is 0.261 e. The van der Waals surface area contributed by atoms with Gasteiger partial charge in [0.2, 0.25) is 11.8 Å². The quantitative estimate of drug-likeness (QED) is 0.103. The highest BCUT2D eigenvalue weighted by Gasteiger charge is 2.35. The van der Waals surface area contributed by atoms with E-state index in [1.165, 1.54) is 15.4 Å². The van der Waals surface area contributed by atoms with E-state index in [0.29, 0.717) is 30.8 Å². The van der Waals surface area contributed by atoms with Crippen molar-refractivity contribution < 1.29 is 19.2 Å². The second-order valence-electron chi connectivity index (χ2n) is 25.1. The first-order chi connectivity index (χ1) is 49.2. The predicted molar refractivity (Wildman–Crippen MR) is 390 cm³/mol. The maximum Gasteiger partial charge on any atom is 0.261 e. The van der Waals surface area contributed by atoms with Gasteiger partial charge in [0.15, 0.2) is 0 Å². The highest BCUT2D eigenvalue weighted by molar-refractivity contribution is 6.21. The Bertz CT molecular complexity index is 5910. The maximum absolute atomic E-state index is 13.0. The molecule has 19 rings (SSSR count). The van der Waals surface area contributed by atoms with E-state index in [4.69, 9.17) is 29.9 Å². The highest BCUT2D eigenvalue weighted by Crippen LogP contribution is 2.37. The van der Waals surface area contributed by atoms with E-state index in [1.807, 2.05) is 114 Å². The van der Waals surface area contributed by atoms with Crippen LogP contribution in [0.2, 0.25) is 0 Å². The van der Waals surface area contributed by atoms with E-state index < -0.39 is 0 Å². The first-order valence-corrected chi connectivity index (χ1v) is 33.4. The van der Waals surface area contributed by atoms with Crippen molar-refractivity contribution in [3.63, 3.8) is 0 Å². The molecular formula is C83H59N13O4. The van der Waals surface area contributed by atoms with Crippen molar-refractivity contribution in [1.82, 2.24) is 58.0 Å². The molecule has 8 heterocycles. The van der Waals surface area contributed by atoms with Crippen LogP contribution in [0, 0.1) is 0 Å². The van der Waals surface area contributed by atoms with Crippen LogP contribution in [-0.4, -0.2) is 100 Å². The first-order valence-electron chi connectivity index (χ1n) is 33.4. The summed E-state index contributed by atoms with van der Waals surface area (Å²) in [4.78, 5) is 86.6. The zero-order valence-electron chi connectivity index (χ0n) is 53.9. The fourth-order valence-electron chi connectivity index (χ4n) is 14.2. The molecule has 16 aromatic rings. The zero-order valence-corrected chi connectivity index (χ0v) is 53.9. The molecule has 11 aromatic carbocycles. The number of likely N-dealkylation sites (tertiary alicyclic amines) is 1. The SMILES string of the molecule is O=C1CCC(=O)N1CCn1c(-c2ccc(-c3nc4ccccc4n3CCN3C(=O)c4ccccc4C3=O)cc2)nc2ccccc21.c1ccc2c(c1)CC(c1ccc(-n3c(-c4ccc(-c5nc6ccccc6n5-c5ccc(-c6nc7ccccc7[nH]6)cc5)cc4)nc4ccccc43)cc1)=N2. The second-order valence-corrected chi connectivity index (χ2v) is 25.1. The van der Waals surface area contributed by atoms with Crippen molar-refractivity contribution >= 4 is 90.2 Å². The van der Waals surface area contributed by atoms with E-state index in [0.717, 1.165) is 147 Å². The second kappa shape index (κ2) is 24.4.